The van der Waals surface area contributed by atoms with E-state index < -0.39 is 0 Å². The number of hydrogen-bond acceptors (Lipinski definition) is 3. The van der Waals surface area contributed by atoms with Crippen LogP contribution < -0.4 is 4.90 Å². The van der Waals surface area contributed by atoms with Crippen LogP contribution >= 0.6 is 11.3 Å². The third-order valence-corrected chi connectivity index (χ3v) is 12.1. The molecule has 258 valence electrons. The van der Waals surface area contributed by atoms with E-state index in [-0.39, 0.29) is 0 Å². The van der Waals surface area contributed by atoms with E-state index in [2.05, 4.69) is 205 Å². The smallest absolute Gasteiger partial charge is 0.136 e. The average molecular weight is 720 g/mol. The highest BCUT2D eigenvalue weighted by Crippen LogP contribution is 2.46. The molecule has 0 bridgehead atoms. The van der Waals surface area contributed by atoms with Crippen LogP contribution in [0.2, 0.25) is 0 Å². The Morgan fingerprint density at radius 3 is 1.64 bits per heavy atom. The van der Waals surface area contributed by atoms with Crippen LogP contribution in [0.1, 0.15) is 0 Å². The lowest BCUT2D eigenvalue weighted by atomic mass is 9.97. The summed E-state index contributed by atoms with van der Waals surface area (Å²) in [6, 6.07) is 72.0. The van der Waals surface area contributed by atoms with E-state index in [1.54, 1.807) is 0 Å². The van der Waals surface area contributed by atoms with Gasteiger partial charge in [0.15, 0.2) is 0 Å². The van der Waals surface area contributed by atoms with Crippen LogP contribution in [0, 0.1) is 0 Å². The van der Waals surface area contributed by atoms with Gasteiger partial charge in [-0.15, -0.1) is 11.3 Å². The highest BCUT2D eigenvalue weighted by molar-refractivity contribution is 7.26. The largest absolute Gasteiger partial charge is 0.456 e. The summed E-state index contributed by atoms with van der Waals surface area (Å²) in [7, 11) is 0. The van der Waals surface area contributed by atoms with Gasteiger partial charge in [0.05, 0.1) is 0 Å². The Bertz CT molecular complexity index is 3170. The van der Waals surface area contributed by atoms with Gasteiger partial charge in [0.25, 0.3) is 0 Å². The first-order valence-corrected chi connectivity index (χ1v) is 19.5. The van der Waals surface area contributed by atoms with Crippen molar-refractivity contribution >= 4 is 81.3 Å². The van der Waals surface area contributed by atoms with Gasteiger partial charge >= 0.3 is 0 Å². The van der Waals surface area contributed by atoms with Gasteiger partial charge in [-0.2, -0.15) is 0 Å². The molecule has 0 saturated carbocycles. The van der Waals surface area contributed by atoms with Crippen LogP contribution in [0.5, 0.6) is 0 Å². The first-order valence-electron chi connectivity index (χ1n) is 18.7. The maximum Gasteiger partial charge on any atom is 0.136 e. The van der Waals surface area contributed by atoms with E-state index >= 15 is 0 Å². The van der Waals surface area contributed by atoms with Crippen LogP contribution in [0.25, 0.3) is 86.3 Å². The molecule has 0 aliphatic carbocycles. The molecule has 2 nitrogen and oxygen atoms in total. The molecule has 55 heavy (non-hydrogen) atoms. The Hall–Kier alpha value is -6.94. The van der Waals surface area contributed by atoms with Crippen molar-refractivity contribution in [2.75, 3.05) is 4.90 Å². The van der Waals surface area contributed by atoms with Crippen molar-refractivity contribution in [3.8, 4) is 33.4 Å². The fourth-order valence-corrected chi connectivity index (χ4v) is 9.51. The number of nitrogens with zero attached hydrogens (tertiary/aromatic N) is 1. The van der Waals surface area contributed by atoms with Gasteiger partial charge in [0.2, 0.25) is 0 Å². The van der Waals surface area contributed by atoms with E-state index in [0.29, 0.717) is 0 Å². The topological polar surface area (TPSA) is 16.4 Å². The van der Waals surface area contributed by atoms with Crippen LogP contribution in [-0.2, 0) is 0 Å². The molecule has 2 aromatic heterocycles. The average Bonchev–Trinajstić information content (AvgIpc) is 3.83. The fraction of sp³-hybridized carbons (Fsp3) is 0. The van der Waals surface area contributed by atoms with Gasteiger partial charge in [0.1, 0.15) is 11.2 Å². The molecule has 0 atom stereocenters. The van der Waals surface area contributed by atoms with Gasteiger partial charge in [-0.05, 0) is 105 Å². The molecule has 0 N–H and O–H groups in total. The van der Waals surface area contributed by atoms with Gasteiger partial charge < -0.3 is 9.32 Å². The summed E-state index contributed by atoms with van der Waals surface area (Å²) >= 11 is 1.85. The molecule has 11 rings (SSSR count). The molecule has 9 aromatic carbocycles. The van der Waals surface area contributed by atoms with Gasteiger partial charge in [0, 0.05) is 48.0 Å². The Morgan fingerprint density at radius 2 is 0.891 bits per heavy atom. The molecule has 0 spiro atoms. The second-order valence-corrected chi connectivity index (χ2v) is 15.1. The first kappa shape index (κ1) is 31.6. The lowest BCUT2D eigenvalue weighted by Gasteiger charge is -2.26. The summed E-state index contributed by atoms with van der Waals surface area (Å²) in [5.74, 6) is 0. The number of rotatable bonds is 6. The van der Waals surface area contributed by atoms with Gasteiger partial charge in [-0.25, -0.2) is 0 Å². The van der Waals surface area contributed by atoms with E-state index in [1.165, 1.54) is 69.5 Å². The van der Waals surface area contributed by atoms with E-state index in [1.807, 2.05) is 11.3 Å². The number of fused-ring (bicyclic) bond motifs is 8. The van der Waals surface area contributed by atoms with Crippen LogP contribution in [0.4, 0.5) is 17.1 Å². The molecular weight excluding hydrogens is 687 g/mol. The van der Waals surface area contributed by atoms with Crippen molar-refractivity contribution in [2.45, 2.75) is 0 Å². The summed E-state index contributed by atoms with van der Waals surface area (Å²) in [4.78, 5) is 2.35. The second-order valence-electron chi connectivity index (χ2n) is 14.1. The minimum absolute atomic E-state index is 0.910. The minimum atomic E-state index is 0.910. The monoisotopic (exact) mass is 719 g/mol. The molecule has 11 aromatic rings. The SMILES string of the molecule is c1ccc(-c2ccc(N(c3ccc(-c4cccc5ccccc45)cc3)c3ccc(-c4cccc5oc6ccc7c8ccccc8sc7c6c45)cc3)cc2)cc1. The molecule has 0 amide bonds. The zero-order valence-corrected chi connectivity index (χ0v) is 30.6. The van der Waals surface area contributed by atoms with Crippen molar-refractivity contribution < 1.29 is 4.42 Å². The Kier molecular flexibility index (Phi) is 7.39. The molecular formula is C52H33NOS. The van der Waals surface area contributed by atoms with Crippen molar-refractivity contribution in [1.82, 2.24) is 0 Å². The van der Waals surface area contributed by atoms with Crippen LogP contribution in [-0.4, -0.2) is 0 Å². The minimum Gasteiger partial charge on any atom is -0.456 e. The second kappa shape index (κ2) is 12.9. The number of furan rings is 1. The standard InChI is InChI=1S/C52H33NOS/c1-2-10-34(11-3-1)35-20-26-39(27-21-35)53(40-28-22-37(23-29-40)43-16-8-13-36-12-4-5-14-42(36)43)41-30-24-38(25-31-41)44-17-9-18-47-50(44)51-48(54-47)33-32-46-45-15-6-7-19-49(45)55-52(46)51/h1-33H. The van der Waals surface area contributed by atoms with Gasteiger partial charge in [-0.1, -0.05) is 140 Å². The summed E-state index contributed by atoms with van der Waals surface area (Å²) in [5, 5.41) is 7.44. The lowest BCUT2D eigenvalue weighted by Crippen LogP contribution is -2.09. The molecule has 0 aliphatic rings. The molecule has 0 unspecified atom stereocenters. The number of anilines is 3. The molecule has 2 heterocycles. The maximum atomic E-state index is 6.50. The molecule has 0 fully saturated rings. The fourth-order valence-electron chi connectivity index (χ4n) is 8.26. The zero-order chi connectivity index (χ0) is 36.3. The Morgan fingerprint density at radius 1 is 0.345 bits per heavy atom. The highest BCUT2D eigenvalue weighted by atomic mass is 32.1. The molecule has 0 saturated heterocycles. The lowest BCUT2D eigenvalue weighted by molar-refractivity contribution is 0.669. The summed E-state index contributed by atoms with van der Waals surface area (Å²) in [6.07, 6.45) is 0. The van der Waals surface area contributed by atoms with E-state index in [9.17, 15) is 0 Å². The van der Waals surface area contributed by atoms with Crippen molar-refractivity contribution in [3.63, 3.8) is 0 Å². The highest BCUT2D eigenvalue weighted by Gasteiger charge is 2.19. The van der Waals surface area contributed by atoms with E-state index in [0.717, 1.165) is 33.8 Å². The number of hydrogen-bond donors (Lipinski definition) is 0. The number of thiophene rings is 1. The zero-order valence-electron chi connectivity index (χ0n) is 29.8. The summed E-state index contributed by atoms with van der Waals surface area (Å²) in [5.41, 5.74) is 12.3. The van der Waals surface area contributed by atoms with Crippen LogP contribution in [0.3, 0.4) is 0 Å². The Balaban J connectivity index is 1.02. The normalized spacial score (nSPS) is 11.6. The predicted molar refractivity (Wildman–Crippen MR) is 235 cm³/mol. The predicted octanol–water partition coefficient (Wildman–Crippen LogP) is 15.6. The third-order valence-electron chi connectivity index (χ3n) is 10.9. The summed E-state index contributed by atoms with van der Waals surface area (Å²) < 4.78 is 9.07. The van der Waals surface area contributed by atoms with Crippen LogP contribution in [0.15, 0.2) is 205 Å². The van der Waals surface area contributed by atoms with Gasteiger partial charge in [-0.3, -0.25) is 0 Å². The van der Waals surface area contributed by atoms with Crippen molar-refractivity contribution in [3.05, 3.63) is 200 Å². The summed E-state index contributed by atoms with van der Waals surface area (Å²) in [6.45, 7) is 0. The molecule has 0 aliphatic heterocycles. The molecule has 0 radical (unpaired) electrons. The maximum absolute atomic E-state index is 6.50. The third kappa shape index (κ3) is 5.32. The van der Waals surface area contributed by atoms with Crippen molar-refractivity contribution in [1.29, 1.82) is 0 Å². The van der Waals surface area contributed by atoms with Crippen molar-refractivity contribution in [2.24, 2.45) is 0 Å². The number of benzene rings is 9. The first-order chi connectivity index (χ1) is 27.3. The Labute approximate surface area is 322 Å². The molecule has 3 heteroatoms. The quantitative estimate of drug-likeness (QED) is 0.170. The van der Waals surface area contributed by atoms with E-state index in [4.69, 9.17) is 4.42 Å².